The van der Waals surface area contributed by atoms with Crippen molar-refractivity contribution in [3.63, 3.8) is 0 Å². The number of amides is 2. The Bertz CT molecular complexity index is 945. The third-order valence-corrected chi connectivity index (χ3v) is 7.45. The molecule has 10 heteroatoms. The Morgan fingerprint density at radius 3 is 2.35 bits per heavy atom. The number of rotatable bonds is 12. The van der Waals surface area contributed by atoms with Gasteiger partial charge in [0.05, 0.1) is 18.1 Å². The minimum absolute atomic E-state index is 0.0559. The average Bonchev–Trinajstić information content (AvgIpc) is 3.15. The lowest BCUT2D eigenvalue weighted by atomic mass is 10.0. The Morgan fingerprint density at radius 2 is 1.82 bits per heavy atom. The van der Waals surface area contributed by atoms with Crippen molar-refractivity contribution in [1.82, 2.24) is 10.2 Å². The first kappa shape index (κ1) is 27.6. The van der Waals surface area contributed by atoms with Gasteiger partial charge < -0.3 is 19.7 Å². The van der Waals surface area contributed by atoms with Crippen LogP contribution in [0.15, 0.2) is 24.3 Å². The van der Waals surface area contributed by atoms with Gasteiger partial charge in [-0.05, 0) is 49.9 Å². The second-order valence-electron chi connectivity index (χ2n) is 8.76. The van der Waals surface area contributed by atoms with Crippen LogP contribution in [0.1, 0.15) is 57.3 Å². The molecule has 1 aromatic rings. The normalized spacial score (nSPS) is 17.7. The largest absolute Gasteiger partial charge is 0.494 e. The molecule has 9 nitrogen and oxygen atoms in total. The lowest BCUT2D eigenvalue weighted by molar-refractivity contribution is -0.155. The van der Waals surface area contributed by atoms with Crippen LogP contribution < -0.4 is 10.1 Å². The number of carbonyl (C=O) groups excluding carboxylic acids is 3. The van der Waals surface area contributed by atoms with Crippen LogP contribution in [0, 0.1) is 5.92 Å². The second-order valence-corrected chi connectivity index (χ2v) is 11.0. The summed E-state index contributed by atoms with van der Waals surface area (Å²) in [4.78, 5) is 39.7. The summed E-state index contributed by atoms with van der Waals surface area (Å²) in [5.41, 5.74) is 0.367. The van der Waals surface area contributed by atoms with Gasteiger partial charge in [-0.25, -0.2) is 13.2 Å². The number of esters is 1. The highest BCUT2D eigenvalue weighted by molar-refractivity contribution is 7.91. The highest BCUT2D eigenvalue weighted by atomic mass is 32.2. The summed E-state index contributed by atoms with van der Waals surface area (Å²) < 4.78 is 34.4. The maximum atomic E-state index is 12.8. The molecule has 1 fully saturated rings. The fourth-order valence-corrected chi connectivity index (χ4v) is 5.49. The number of hydrogen-bond acceptors (Lipinski definition) is 7. The first-order valence-corrected chi connectivity index (χ1v) is 13.6. The van der Waals surface area contributed by atoms with E-state index < -0.39 is 46.3 Å². The smallest absolute Gasteiger partial charge is 0.329 e. The standard InChI is InChI=1S/C24H36N2O7S/c1-5-7-13-26(19-12-14-34(30,31)16-19)21(27)15-33-24(29)22(17(3)4)25-23(28)18-8-10-20(11-9-18)32-6-2/h8-11,17,19,22H,5-7,12-16H2,1-4H3,(H,25,28). The molecule has 0 aromatic heterocycles. The van der Waals surface area contributed by atoms with Crippen LogP contribution in [-0.2, 0) is 24.2 Å². The van der Waals surface area contributed by atoms with Crippen LogP contribution in [0.2, 0.25) is 0 Å². The molecule has 1 heterocycles. The highest BCUT2D eigenvalue weighted by Crippen LogP contribution is 2.19. The summed E-state index contributed by atoms with van der Waals surface area (Å²) >= 11 is 0. The SMILES string of the molecule is CCCCN(C(=O)COC(=O)C(NC(=O)c1ccc(OCC)cc1)C(C)C)C1CCS(=O)(=O)C1. The van der Waals surface area contributed by atoms with Gasteiger partial charge in [-0.3, -0.25) is 9.59 Å². The van der Waals surface area contributed by atoms with Crippen molar-refractivity contribution < 1.29 is 32.3 Å². The Morgan fingerprint density at radius 1 is 1.15 bits per heavy atom. The van der Waals surface area contributed by atoms with Crippen molar-refractivity contribution in [2.75, 3.05) is 31.3 Å². The quantitative estimate of drug-likeness (QED) is 0.441. The molecule has 0 saturated carbocycles. The summed E-state index contributed by atoms with van der Waals surface area (Å²) in [7, 11) is -3.16. The molecule has 1 N–H and O–H groups in total. The van der Waals surface area contributed by atoms with E-state index in [0.29, 0.717) is 30.9 Å². The fraction of sp³-hybridized carbons (Fsp3) is 0.625. The lowest BCUT2D eigenvalue weighted by Gasteiger charge is -2.28. The van der Waals surface area contributed by atoms with E-state index in [2.05, 4.69) is 5.32 Å². The third kappa shape index (κ3) is 8.00. The molecule has 190 valence electrons. The molecule has 1 aromatic carbocycles. The van der Waals surface area contributed by atoms with Crippen molar-refractivity contribution in [3.8, 4) is 5.75 Å². The van der Waals surface area contributed by atoms with Gasteiger partial charge in [0.1, 0.15) is 11.8 Å². The molecule has 0 radical (unpaired) electrons. The van der Waals surface area contributed by atoms with Gasteiger partial charge in [0, 0.05) is 18.2 Å². The summed E-state index contributed by atoms with van der Waals surface area (Å²) in [6, 6.07) is 5.22. The number of nitrogens with one attached hydrogen (secondary N) is 1. The molecule has 1 aliphatic rings. The molecule has 2 atom stereocenters. The number of hydrogen-bond donors (Lipinski definition) is 1. The van der Waals surface area contributed by atoms with Crippen molar-refractivity contribution >= 4 is 27.6 Å². The van der Waals surface area contributed by atoms with Crippen LogP contribution >= 0.6 is 0 Å². The van der Waals surface area contributed by atoms with E-state index in [1.165, 1.54) is 4.90 Å². The van der Waals surface area contributed by atoms with Crippen molar-refractivity contribution in [2.45, 2.75) is 59.0 Å². The van der Waals surface area contributed by atoms with Gasteiger partial charge in [-0.15, -0.1) is 0 Å². The van der Waals surface area contributed by atoms with Crippen molar-refractivity contribution in [2.24, 2.45) is 5.92 Å². The van der Waals surface area contributed by atoms with Crippen LogP contribution in [0.25, 0.3) is 0 Å². The number of benzene rings is 1. The Balaban J connectivity index is 1.99. The molecular formula is C24H36N2O7S. The number of sulfone groups is 1. The zero-order chi connectivity index (χ0) is 25.3. The summed E-state index contributed by atoms with van der Waals surface area (Å²) in [6.45, 7) is 7.80. The average molecular weight is 497 g/mol. The zero-order valence-corrected chi connectivity index (χ0v) is 21.2. The number of ether oxygens (including phenoxy) is 2. The topological polar surface area (TPSA) is 119 Å². The number of nitrogens with zero attached hydrogens (tertiary/aromatic N) is 1. The minimum atomic E-state index is -3.16. The number of carbonyl (C=O) groups is 3. The zero-order valence-electron chi connectivity index (χ0n) is 20.4. The van der Waals surface area contributed by atoms with Crippen molar-refractivity contribution in [3.05, 3.63) is 29.8 Å². The number of unbranched alkanes of at least 4 members (excludes halogenated alkanes) is 1. The van der Waals surface area contributed by atoms with E-state index in [1.807, 2.05) is 13.8 Å². The van der Waals surface area contributed by atoms with E-state index in [1.54, 1.807) is 38.1 Å². The Labute approximate surface area is 202 Å². The predicted molar refractivity (Wildman–Crippen MR) is 128 cm³/mol. The van der Waals surface area contributed by atoms with Crippen LogP contribution in [0.5, 0.6) is 5.75 Å². The fourth-order valence-electron chi connectivity index (χ4n) is 3.76. The molecule has 1 aliphatic heterocycles. The predicted octanol–water partition coefficient (Wildman–Crippen LogP) is 2.20. The van der Waals surface area contributed by atoms with Gasteiger partial charge in [-0.2, -0.15) is 0 Å². The Kier molecular flexibility index (Phi) is 10.3. The van der Waals surface area contributed by atoms with E-state index in [-0.39, 0.29) is 17.4 Å². The summed E-state index contributed by atoms with van der Waals surface area (Å²) in [5, 5.41) is 2.68. The van der Waals surface area contributed by atoms with Crippen molar-refractivity contribution in [1.29, 1.82) is 0 Å². The van der Waals surface area contributed by atoms with Gasteiger partial charge in [0.2, 0.25) is 0 Å². The molecule has 2 rings (SSSR count). The first-order valence-electron chi connectivity index (χ1n) is 11.8. The van der Waals surface area contributed by atoms with Crippen LogP contribution in [0.3, 0.4) is 0 Å². The lowest BCUT2D eigenvalue weighted by Crippen LogP contribution is -2.47. The molecule has 34 heavy (non-hydrogen) atoms. The molecular weight excluding hydrogens is 460 g/mol. The van der Waals surface area contributed by atoms with Crippen LogP contribution in [-0.4, -0.2) is 74.4 Å². The van der Waals surface area contributed by atoms with E-state index in [0.717, 1.165) is 12.8 Å². The highest BCUT2D eigenvalue weighted by Gasteiger charge is 2.35. The maximum Gasteiger partial charge on any atom is 0.329 e. The van der Waals surface area contributed by atoms with Gasteiger partial charge in [0.15, 0.2) is 16.4 Å². The summed E-state index contributed by atoms with van der Waals surface area (Å²) in [5.74, 6) is -1.22. The van der Waals surface area contributed by atoms with E-state index >= 15 is 0 Å². The van der Waals surface area contributed by atoms with Gasteiger partial charge in [-0.1, -0.05) is 27.2 Å². The molecule has 2 amide bonds. The van der Waals surface area contributed by atoms with Gasteiger partial charge >= 0.3 is 5.97 Å². The first-order chi connectivity index (χ1) is 16.1. The molecule has 2 unspecified atom stereocenters. The van der Waals surface area contributed by atoms with Crippen LogP contribution in [0.4, 0.5) is 0 Å². The minimum Gasteiger partial charge on any atom is -0.494 e. The maximum absolute atomic E-state index is 12.8. The Hall–Kier alpha value is -2.62. The molecule has 0 aliphatic carbocycles. The molecule has 0 bridgehead atoms. The molecule has 0 spiro atoms. The van der Waals surface area contributed by atoms with E-state index in [9.17, 15) is 22.8 Å². The molecule has 1 saturated heterocycles. The third-order valence-electron chi connectivity index (χ3n) is 5.69. The second kappa shape index (κ2) is 12.7. The van der Waals surface area contributed by atoms with E-state index in [4.69, 9.17) is 9.47 Å². The summed E-state index contributed by atoms with van der Waals surface area (Å²) in [6.07, 6.45) is 1.96. The monoisotopic (exact) mass is 496 g/mol. The van der Waals surface area contributed by atoms with Gasteiger partial charge in [0.25, 0.3) is 11.8 Å².